The molecule has 3 aromatic rings. The molecule has 9 nitrogen and oxygen atoms in total. The molecule has 0 saturated carbocycles. The third-order valence-corrected chi connectivity index (χ3v) is 5.44. The Bertz CT molecular complexity index is 1160. The summed E-state index contributed by atoms with van der Waals surface area (Å²) in [7, 11) is 0. The Morgan fingerprint density at radius 1 is 1.42 bits per heavy atom. The van der Waals surface area contributed by atoms with E-state index in [-0.39, 0.29) is 23.8 Å². The maximum Gasteiger partial charge on any atom is 0.343 e. The van der Waals surface area contributed by atoms with Crippen molar-refractivity contribution in [1.29, 1.82) is 0 Å². The van der Waals surface area contributed by atoms with Crippen LogP contribution in [0.15, 0.2) is 35.5 Å². The van der Waals surface area contributed by atoms with E-state index in [0.29, 0.717) is 49.5 Å². The number of nitrogens with zero attached hydrogens (tertiary/aromatic N) is 5. The fourth-order valence-electron chi connectivity index (χ4n) is 4.02. The standard InChI is InChI=1S/C21H25FN6O3/c1-2-31-21(30)16-12-24-28-10-6-18(25-19(16)28)27-9-3-5-17(27)15-11-14(22)13-26(20(15)29)8-4-7-23/h6,10-13,17H,2-5,7-9,23H2,1H3. The fourth-order valence-corrected chi connectivity index (χ4v) is 4.02. The molecule has 0 spiro atoms. The number of anilines is 1. The Kier molecular flexibility index (Phi) is 5.99. The molecular formula is C21H25FN6O3. The molecule has 1 aliphatic heterocycles. The molecule has 3 aromatic heterocycles. The van der Waals surface area contributed by atoms with Gasteiger partial charge in [-0.3, -0.25) is 4.79 Å². The highest BCUT2D eigenvalue weighted by molar-refractivity contribution is 5.95. The van der Waals surface area contributed by atoms with Crippen LogP contribution in [-0.2, 0) is 11.3 Å². The van der Waals surface area contributed by atoms with Crippen molar-refractivity contribution < 1.29 is 13.9 Å². The Labute approximate surface area is 178 Å². The van der Waals surface area contributed by atoms with Gasteiger partial charge in [-0.05, 0) is 44.9 Å². The molecule has 2 N–H and O–H groups in total. The topological polar surface area (TPSA) is 108 Å². The lowest BCUT2D eigenvalue weighted by molar-refractivity contribution is 0.0528. The number of nitrogens with two attached hydrogens (primary N) is 1. The molecule has 4 rings (SSSR count). The number of carbonyl (C=O) groups excluding carboxylic acids is 1. The number of pyridine rings is 1. The zero-order chi connectivity index (χ0) is 22.0. The van der Waals surface area contributed by atoms with Gasteiger partial charge in [0.1, 0.15) is 17.2 Å². The van der Waals surface area contributed by atoms with Crippen molar-refractivity contribution in [3.63, 3.8) is 0 Å². The van der Waals surface area contributed by atoms with Gasteiger partial charge in [0.2, 0.25) is 0 Å². The first-order valence-electron chi connectivity index (χ1n) is 10.4. The second-order valence-corrected chi connectivity index (χ2v) is 7.44. The van der Waals surface area contributed by atoms with E-state index >= 15 is 0 Å². The molecule has 0 aliphatic carbocycles. The minimum absolute atomic E-state index is 0.218. The van der Waals surface area contributed by atoms with Gasteiger partial charge in [-0.2, -0.15) is 5.10 Å². The van der Waals surface area contributed by atoms with Crippen molar-refractivity contribution in [2.45, 2.75) is 38.8 Å². The summed E-state index contributed by atoms with van der Waals surface area (Å²) < 4.78 is 22.3. The molecule has 1 fully saturated rings. The predicted octanol–water partition coefficient (Wildman–Crippen LogP) is 1.90. The second-order valence-electron chi connectivity index (χ2n) is 7.44. The number of aryl methyl sites for hydroxylation is 1. The van der Waals surface area contributed by atoms with Gasteiger partial charge in [0.15, 0.2) is 5.65 Å². The summed E-state index contributed by atoms with van der Waals surface area (Å²) in [5, 5.41) is 4.15. The van der Waals surface area contributed by atoms with Gasteiger partial charge >= 0.3 is 5.97 Å². The first kappa shape index (κ1) is 21.0. The summed E-state index contributed by atoms with van der Waals surface area (Å²) in [5.74, 6) is -0.353. The molecule has 1 aliphatic rings. The van der Waals surface area contributed by atoms with Crippen LogP contribution in [0.4, 0.5) is 10.2 Å². The monoisotopic (exact) mass is 428 g/mol. The SMILES string of the molecule is CCOC(=O)c1cnn2ccc(N3CCCC3c3cc(F)cn(CCCN)c3=O)nc12. The number of hydrogen-bond donors (Lipinski definition) is 1. The first-order valence-corrected chi connectivity index (χ1v) is 10.4. The predicted molar refractivity (Wildman–Crippen MR) is 113 cm³/mol. The summed E-state index contributed by atoms with van der Waals surface area (Å²) in [4.78, 5) is 31.8. The highest BCUT2D eigenvalue weighted by Crippen LogP contribution is 2.34. The van der Waals surface area contributed by atoms with Crippen LogP contribution < -0.4 is 16.2 Å². The fraction of sp³-hybridized carbons (Fsp3) is 0.429. The number of hydrogen-bond acceptors (Lipinski definition) is 7. The quantitative estimate of drug-likeness (QED) is 0.573. The number of rotatable bonds is 7. The summed E-state index contributed by atoms with van der Waals surface area (Å²) >= 11 is 0. The summed E-state index contributed by atoms with van der Waals surface area (Å²) in [6, 6.07) is 2.78. The summed E-state index contributed by atoms with van der Waals surface area (Å²) in [6.45, 7) is 3.44. The molecule has 0 radical (unpaired) electrons. The van der Waals surface area contributed by atoms with Crippen molar-refractivity contribution >= 4 is 17.4 Å². The van der Waals surface area contributed by atoms with Crippen LogP contribution in [0.2, 0.25) is 0 Å². The number of ether oxygens (including phenoxy) is 1. The molecule has 4 heterocycles. The van der Waals surface area contributed by atoms with E-state index in [1.807, 2.05) is 4.90 Å². The van der Waals surface area contributed by atoms with Crippen LogP contribution in [0.1, 0.15) is 48.1 Å². The zero-order valence-corrected chi connectivity index (χ0v) is 17.3. The highest BCUT2D eigenvalue weighted by Gasteiger charge is 2.30. The minimum Gasteiger partial charge on any atom is -0.462 e. The Morgan fingerprint density at radius 3 is 3.03 bits per heavy atom. The summed E-state index contributed by atoms with van der Waals surface area (Å²) in [5.41, 5.74) is 6.37. The maximum absolute atomic E-state index is 14.3. The third-order valence-electron chi connectivity index (χ3n) is 5.44. The van der Waals surface area contributed by atoms with Gasteiger partial charge in [0.05, 0.1) is 18.8 Å². The lowest BCUT2D eigenvalue weighted by atomic mass is 10.1. The molecule has 1 atom stereocenters. The maximum atomic E-state index is 14.3. The van der Waals surface area contributed by atoms with E-state index in [1.54, 1.807) is 19.2 Å². The van der Waals surface area contributed by atoms with Crippen molar-refractivity contribution in [3.8, 4) is 0 Å². The van der Waals surface area contributed by atoms with Crippen molar-refractivity contribution in [2.75, 3.05) is 24.6 Å². The van der Waals surface area contributed by atoms with Crippen molar-refractivity contribution in [1.82, 2.24) is 19.2 Å². The van der Waals surface area contributed by atoms with Crippen LogP contribution in [0.5, 0.6) is 0 Å². The van der Waals surface area contributed by atoms with Crippen molar-refractivity contribution in [2.24, 2.45) is 5.73 Å². The van der Waals surface area contributed by atoms with E-state index in [4.69, 9.17) is 10.5 Å². The number of esters is 1. The van der Waals surface area contributed by atoms with Gasteiger partial charge in [-0.1, -0.05) is 0 Å². The molecule has 31 heavy (non-hydrogen) atoms. The van der Waals surface area contributed by atoms with Crippen LogP contribution in [0, 0.1) is 5.82 Å². The number of fused-ring (bicyclic) bond motifs is 1. The molecule has 0 bridgehead atoms. The minimum atomic E-state index is -0.493. The molecule has 1 unspecified atom stereocenters. The molecule has 164 valence electrons. The first-order chi connectivity index (χ1) is 15.0. The molecule has 10 heteroatoms. The molecule has 1 saturated heterocycles. The molecule has 0 aromatic carbocycles. The smallest absolute Gasteiger partial charge is 0.343 e. The van der Waals surface area contributed by atoms with Crippen molar-refractivity contribution in [3.05, 3.63) is 58.0 Å². The Hall–Kier alpha value is -3.27. The van der Waals surface area contributed by atoms with Crippen LogP contribution in [-0.4, -0.2) is 44.8 Å². The van der Waals surface area contributed by atoms with Gasteiger partial charge in [0, 0.05) is 31.0 Å². The number of aromatic nitrogens is 4. The van der Waals surface area contributed by atoms with E-state index in [9.17, 15) is 14.0 Å². The van der Waals surface area contributed by atoms with E-state index in [1.165, 1.54) is 27.5 Å². The van der Waals surface area contributed by atoms with Gasteiger partial charge in [-0.25, -0.2) is 18.7 Å². The Balaban J connectivity index is 1.72. The number of carbonyl (C=O) groups is 1. The normalized spacial score (nSPS) is 16.2. The number of halogens is 1. The largest absolute Gasteiger partial charge is 0.462 e. The van der Waals surface area contributed by atoms with Crippen LogP contribution >= 0.6 is 0 Å². The van der Waals surface area contributed by atoms with Gasteiger partial charge in [-0.15, -0.1) is 0 Å². The van der Waals surface area contributed by atoms with Crippen LogP contribution in [0.25, 0.3) is 5.65 Å². The molecular weight excluding hydrogens is 403 g/mol. The lowest BCUT2D eigenvalue weighted by Crippen LogP contribution is -2.32. The zero-order valence-electron chi connectivity index (χ0n) is 17.3. The average molecular weight is 428 g/mol. The van der Waals surface area contributed by atoms with E-state index < -0.39 is 11.8 Å². The van der Waals surface area contributed by atoms with E-state index in [2.05, 4.69) is 10.1 Å². The van der Waals surface area contributed by atoms with E-state index in [0.717, 1.165) is 6.42 Å². The van der Waals surface area contributed by atoms with Gasteiger partial charge in [0.25, 0.3) is 5.56 Å². The molecule has 0 amide bonds. The Morgan fingerprint density at radius 2 is 2.26 bits per heavy atom. The van der Waals surface area contributed by atoms with Gasteiger partial charge < -0.3 is 19.9 Å². The third kappa shape index (κ3) is 4.02. The van der Waals surface area contributed by atoms with Crippen LogP contribution in [0.3, 0.4) is 0 Å². The average Bonchev–Trinajstić information content (AvgIpc) is 3.41. The second kappa shape index (κ2) is 8.84. The summed E-state index contributed by atoms with van der Waals surface area (Å²) in [6.07, 6.45) is 6.48. The lowest BCUT2D eigenvalue weighted by Gasteiger charge is -2.26. The highest BCUT2D eigenvalue weighted by atomic mass is 19.1.